The molecule has 2 rings (SSSR count). The predicted molar refractivity (Wildman–Crippen MR) is 117 cm³/mol. The van der Waals surface area contributed by atoms with Gasteiger partial charge in [-0.1, -0.05) is 42.8 Å². The molecule has 25 heavy (non-hydrogen) atoms. The number of pyridine rings is 1. The molecule has 1 atom stereocenters. The van der Waals surface area contributed by atoms with E-state index in [0.717, 1.165) is 24.7 Å². The molecule has 0 amide bonds. The number of aromatic nitrogens is 1. The molecule has 0 bridgehead atoms. The molecule has 0 fully saturated rings. The Morgan fingerprint density at radius 3 is 2.48 bits per heavy atom. The van der Waals surface area contributed by atoms with E-state index in [1.54, 1.807) is 0 Å². The number of benzene rings is 1. The highest BCUT2D eigenvalue weighted by molar-refractivity contribution is 14.0. The molecule has 0 aliphatic heterocycles. The molecule has 2 N–H and O–H groups in total. The Balaban J connectivity index is 0.00000312. The summed E-state index contributed by atoms with van der Waals surface area (Å²) >= 11 is 0. The van der Waals surface area contributed by atoms with Gasteiger partial charge in [-0.05, 0) is 43.9 Å². The lowest BCUT2D eigenvalue weighted by Gasteiger charge is -2.16. The number of rotatable bonds is 6. The van der Waals surface area contributed by atoms with Gasteiger partial charge in [0.15, 0.2) is 5.96 Å². The molecule has 1 heterocycles. The van der Waals surface area contributed by atoms with E-state index in [1.165, 1.54) is 16.7 Å². The molecular formula is C20H29IN4. The quantitative estimate of drug-likeness (QED) is 0.393. The zero-order valence-corrected chi connectivity index (χ0v) is 17.9. The molecule has 136 valence electrons. The molecule has 0 radical (unpaired) electrons. The van der Waals surface area contributed by atoms with Crippen molar-refractivity contribution in [1.82, 2.24) is 15.6 Å². The summed E-state index contributed by atoms with van der Waals surface area (Å²) in [5.74, 6) is 1.26. The summed E-state index contributed by atoms with van der Waals surface area (Å²) in [6.07, 6.45) is 1.82. The summed E-state index contributed by atoms with van der Waals surface area (Å²) in [6, 6.07) is 12.7. The molecule has 0 saturated carbocycles. The third-order valence-electron chi connectivity index (χ3n) is 4.07. The molecule has 0 aliphatic rings. The number of halogens is 1. The van der Waals surface area contributed by atoms with Crippen molar-refractivity contribution >= 4 is 29.9 Å². The molecule has 5 heteroatoms. The van der Waals surface area contributed by atoms with E-state index in [0.29, 0.717) is 12.5 Å². The first kappa shape index (κ1) is 21.4. The van der Waals surface area contributed by atoms with Gasteiger partial charge in [0.2, 0.25) is 0 Å². The first-order chi connectivity index (χ1) is 11.6. The number of nitrogens with zero attached hydrogens (tertiary/aromatic N) is 2. The minimum atomic E-state index is 0. The Morgan fingerprint density at radius 2 is 1.84 bits per heavy atom. The predicted octanol–water partition coefficient (Wildman–Crippen LogP) is 4.18. The van der Waals surface area contributed by atoms with Crippen molar-refractivity contribution in [2.45, 2.75) is 40.2 Å². The van der Waals surface area contributed by atoms with E-state index in [9.17, 15) is 0 Å². The molecule has 2 aromatic rings. The fourth-order valence-electron chi connectivity index (χ4n) is 2.44. The topological polar surface area (TPSA) is 49.3 Å². The highest BCUT2D eigenvalue weighted by Crippen LogP contribution is 2.14. The van der Waals surface area contributed by atoms with E-state index in [-0.39, 0.29) is 24.0 Å². The largest absolute Gasteiger partial charge is 0.357 e. The summed E-state index contributed by atoms with van der Waals surface area (Å²) in [4.78, 5) is 9.05. The number of aryl methyl sites for hydroxylation is 2. The highest BCUT2D eigenvalue weighted by Gasteiger charge is 2.07. The van der Waals surface area contributed by atoms with Crippen LogP contribution in [-0.4, -0.2) is 24.0 Å². The fraction of sp³-hybridized carbons (Fsp3) is 0.400. The molecule has 0 aliphatic carbocycles. The van der Waals surface area contributed by atoms with Gasteiger partial charge in [0.25, 0.3) is 0 Å². The number of guanidine groups is 1. The molecule has 0 saturated heterocycles. The van der Waals surface area contributed by atoms with Gasteiger partial charge in [-0.3, -0.25) is 4.98 Å². The number of nitrogens with one attached hydrogen (secondary N) is 2. The Bertz CT molecular complexity index is 668. The Labute approximate surface area is 168 Å². The van der Waals surface area contributed by atoms with Crippen LogP contribution in [0.2, 0.25) is 0 Å². The SMILES string of the molecule is CCNC(=NCc1ncccc1C)NCC(C)c1ccc(C)cc1.I. The maximum atomic E-state index is 4.66. The number of aliphatic imine (C=N–C) groups is 1. The summed E-state index contributed by atoms with van der Waals surface area (Å²) in [5, 5.41) is 6.73. The highest BCUT2D eigenvalue weighted by atomic mass is 127. The van der Waals surface area contributed by atoms with E-state index in [1.807, 2.05) is 12.3 Å². The van der Waals surface area contributed by atoms with Crippen LogP contribution in [0.3, 0.4) is 0 Å². The van der Waals surface area contributed by atoms with Gasteiger partial charge in [0, 0.05) is 19.3 Å². The average Bonchev–Trinajstić information content (AvgIpc) is 2.59. The smallest absolute Gasteiger partial charge is 0.191 e. The average molecular weight is 452 g/mol. The zero-order valence-electron chi connectivity index (χ0n) is 15.5. The van der Waals surface area contributed by atoms with Gasteiger partial charge in [0.05, 0.1) is 12.2 Å². The third kappa shape index (κ3) is 7.02. The van der Waals surface area contributed by atoms with Crippen LogP contribution in [0.15, 0.2) is 47.6 Å². The van der Waals surface area contributed by atoms with E-state index < -0.39 is 0 Å². The Hall–Kier alpha value is -1.63. The second kappa shape index (κ2) is 11.1. The normalized spacial score (nSPS) is 12.2. The summed E-state index contributed by atoms with van der Waals surface area (Å²) < 4.78 is 0. The van der Waals surface area contributed by atoms with Gasteiger partial charge in [0.1, 0.15) is 0 Å². The van der Waals surface area contributed by atoms with E-state index in [4.69, 9.17) is 0 Å². The lowest BCUT2D eigenvalue weighted by molar-refractivity contribution is 0.699. The van der Waals surface area contributed by atoms with Gasteiger partial charge < -0.3 is 10.6 Å². The van der Waals surface area contributed by atoms with Crippen molar-refractivity contribution in [2.24, 2.45) is 4.99 Å². The first-order valence-corrected chi connectivity index (χ1v) is 8.59. The molecular weight excluding hydrogens is 423 g/mol. The van der Waals surface area contributed by atoms with Crippen molar-refractivity contribution in [2.75, 3.05) is 13.1 Å². The van der Waals surface area contributed by atoms with Gasteiger partial charge in [-0.15, -0.1) is 24.0 Å². The summed E-state index contributed by atoms with van der Waals surface area (Å²) in [6.45, 7) is 10.7. The maximum absolute atomic E-state index is 4.66. The lowest BCUT2D eigenvalue weighted by atomic mass is 10.0. The summed E-state index contributed by atoms with van der Waals surface area (Å²) in [5.41, 5.74) is 4.82. The van der Waals surface area contributed by atoms with Crippen molar-refractivity contribution in [3.63, 3.8) is 0 Å². The Kier molecular flexibility index (Phi) is 9.49. The second-order valence-electron chi connectivity index (χ2n) is 6.15. The maximum Gasteiger partial charge on any atom is 0.191 e. The summed E-state index contributed by atoms with van der Waals surface area (Å²) in [7, 11) is 0. The van der Waals surface area contributed by atoms with Crippen LogP contribution < -0.4 is 10.6 Å². The Morgan fingerprint density at radius 1 is 1.12 bits per heavy atom. The number of hydrogen-bond donors (Lipinski definition) is 2. The molecule has 4 nitrogen and oxygen atoms in total. The molecule has 1 aromatic heterocycles. The van der Waals surface area contributed by atoms with Gasteiger partial charge >= 0.3 is 0 Å². The van der Waals surface area contributed by atoms with Crippen molar-refractivity contribution in [3.8, 4) is 0 Å². The minimum Gasteiger partial charge on any atom is -0.357 e. The van der Waals surface area contributed by atoms with Crippen LogP contribution >= 0.6 is 24.0 Å². The van der Waals surface area contributed by atoms with Crippen LogP contribution in [-0.2, 0) is 6.54 Å². The van der Waals surface area contributed by atoms with Crippen LogP contribution in [0.1, 0.15) is 42.1 Å². The van der Waals surface area contributed by atoms with Crippen LogP contribution in [0.25, 0.3) is 0 Å². The molecule has 1 aromatic carbocycles. The lowest BCUT2D eigenvalue weighted by Crippen LogP contribution is -2.39. The van der Waals surface area contributed by atoms with Crippen molar-refractivity contribution in [1.29, 1.82) is 0 Å². The first-order valence-electron chi connectivity index (χ1n) is 8.59. The van der Waals surface area contributed by atoms with Crippen LogP contribution in [0.5, 0.6) is 0 Å². The monoisotopic (exact) mass is 452 g/mol. The third-order valence-corrected chi connectivity index (χ3v) is 4.07. The fourth-order valence-corrected chi connectivity index (χ4v) is 2.44. The molecule has 0 spiro atoms. The van der Waals surface area contributed by atoms with Crippen LogP contribution in [0, 0.1) is 13.8 Å². The zero-order chi connectivity index (χ0) is 17.4. The van der Waals surface area contributed by atoms with Gasteiger partial charge in [-0.2, -0.15) is 0 Å². The molecule has 1 unspecified atom stereocenters. The standard InChI is InChI=1S/C20H28N4.HI/c1-5-21-20(24-14-19-16(3)7-6-12-22-19)23-13-17(4)18-10-8-15(2)9-11-18;/h6-12,17H,5,13-14H2,1-4H3,(H2,21,23,24);1H. The van der Waals surface area contributed by atoms with E-state index in [2.05, 4.69) is 78.6 Å². The van der Waals surface area contributed by atoms with Crippen LogP contribution in [0.4, 0.5) is 0 Å². The number of hydrogen-bond acceptors (Lipinski definition) is 2. The van der Waals surface area contributed by atoms with Crippen molar-refractivity contribution < 1.29 is 0 Å². The van der Waals surface area contributed by atoms with Gasteiger partial charge in [-0.25, -0.2) is 4.99 Å². The van der Waals surface area contributed by atoms with E-state index >= 15 is 0 Å². The second-order valence-corrected chi connectivity index (χ2v) is 6.15. The minimum absolute atomic E-state index is 0. The van der Waals surface area contributed by atoms with Crippen molar-refractivity contribution in [3.05, 3.63) is 65.0 Å².